The van der Waals surface area contributed by atoms with Gasteiger partial charge in [-0.25, -0.2) is 0 Å². The summed E-state index contributed by atoms with van der Waals surface area (Å²) in [5.41, 5.74) is 3.11. The van der Waals surface area contributed by atoms with Gasteiger partial charge < -0.3 is 10.4 Å². The standard InChI is InChI=1S/C16H27N3O2/c1-10(16-11(2)18-19-12(16)3)8-15(21)17-9-14(20)13-6-4-5-7-13/h10,13-14,20H,4-9H2,1-3H3,(H,17,21)(H,18,19). The van der Waals surface area contributed by atoms with Gasteiger partial charge in [0.2, 0.25) is 5.91 Å². The predicted molar refractivity (Wildman–Crippen MR) is 82.1 cm³/mol. The maximum Gasteiger partial charge on any atom is 0.220 e. The van der Waals surface area contributed by atoms with Gasteiger partial charge in [-0.15, -0.1) is 0 Å². The summed E-state index contributed by atoms with van der Waals surface area (Å²) in [6, 6.07) is 0. The number of aliphatic hydroxyl groups excluding tert-OH is 1. The molecule has 0 bridgehead atoms. The summed E-state index contributed by atoms with van der Waals surface area (Å²) in [6.07, 6.45) is 4.60. The molecule has 0 aliphatic heterocycles. The van der Waals surface area contributed by atoms with Crippen molar-refractivity contribution in [1.82, 2.24) is 15.5 Å². The first-order valence-electron chi connectivity index (χ1n) is 7.95. The molecule has 0 saturated heterocycles. The topological polar surface area (TPSA) is 78.0 Å². The van der Waals surface area contributed by atoms with Crippen LogP contribution in [0.1, 0.15) is 61.9 Å². The SMILES string of the molecule is Cc1n[nH]c(C)c1C(C)CC(=O)NCC(O)C1CCCC1. The number of aromatic amines is 1. The Balaban J connectivity index is 1.79. The number of rotatable bonds is 6. The number of hydrogen-bond acceptors (Lipinski definition) is 3. The summed E-state index contributed by atoms with van der Waals surface area (Å²) in [5.74, 6) is 0.494. The average molecular weight is 293 g/mol. The number of hydrogen-bond donors (Lipinski definition) is 3. The Morgan fingerprint density at radius 2 is 2.10 bits per heavy atom. The molecule has 1 aliphatic rings. The largest absolute Gasteiger partial charge is 0.391 e. The van der Waals surface area contributed by atoms with Crippen molar-refractivity contribution in [3.8, 4) is 0 Å². The third-order valence-electron chi connectivity index (χ3n) is 4.62. The molecule has 5 heteroatoms. The van der Waals surface area contributed by atoms with Crippen LogP contribution >= 0.6 is 0 Å². The molecule has 118 valence electrons. The van der Waals surface area contributed by atoms with E-state index in [1.807, 2.05) is 20.8 Å². The molecule has 3 N–H and O–H groups in total. The fourth-order valence-corrected chi connectivity index (χ4v) is 3.47. The maximum absolute atomic E-state index is 12.0. The lowest BCUT2D eigenvalue weighted by molar-refractivity contribution is -0.122. The lowest BCUT2D eigenvalue weighted by Crippen LogP contribution is -2.36. The summed E-state index contributed by atoms with van der Waals surface area (Å²) in [7, 11) is 0. The molecule has 1 aromatic rings. The summed E-state index contributed by atoms with van der Waals surface area (Å²) in [5, 5.41) is 20.1. The van der Waals surface area contributed by atoms with Crippen LogP contribution in [-0.4, -0.2) is 33.9 Å². The molecule has 1 heterocycles. The predicted octanol–water partition coefficient (Wildman–Crippen LogP) is 2.19. The highest BCUT2D eigenvalue weighted by atomic mass is 16.3. The first-order valence-corrected chi connectivity index (χ1v) is 7.95. The van der Waals surface area contributed by atoms with Crippen LogP contribution in [0.3, 0.4) is 0 Å². The van der Waals surface area contributed by atoms with Gasteiger partial charge in [-0.05, 0) is 44.1 Å². The molecule has 1 saturated carbocycles. The van der Waals surface area contributed by atoms with E-state index in [1.54, 1.807) is 0 Å². The number of H-pyrrole nitrogens is 1. The van der Waals surface area contributed by atoms with Crippen molar-refractivity contribution >= 4 is 5.91 Å². The molecule has 2 unspecified atom stereocenters. The highest BCUT2D eigenvalue weighted by Gasteiger charge is 2.24. The Kier molecular flexibility index (Phi) is 5.39. The lowest BCUT2D eigenvalue weighted by atomic mass is 9.95. The van der Waals surface area contributed by atoms with Crippen molar-refractivity contribution in [2.75, 3.05) is 6.54 Å². The Bertz CT molecular complexity index is 458. The minimum absolute atomic E-state index is 0.000420. The Labute approximate surface area is 126 Å². The van der Waals surface area contributed by atoms with Crippen LogP contribution < -0.4 is 5.32 Å². The molecule has 5 nitrogen and oxygen atoms in total. The fraction of sp³-hybridized carbons (Fsp3) is 0.750. The second-order valence-corrected chi connectivity index (χ2v) is 6.37. The summed E-state index contributed by atoms with van der Waals surface area (Å²) in [6.45, 7) is 6.35. The van der Waals surface area contributed by atoms with Gasteiger partial charge in [0.15, 0.2) is 0 Å². The molecule has 0 aromatic carbocycles. The van der Waals surface area contributed by atoms with Crippen molar-refractivity contribution in [3.05, 3.63) is 17.0 Å². The minimum atomic E-state index is -0.399. The molecule has 0 radical (unpaired) electrons. The van der Waals surface area contributed by atoms with E-state index in [0.717, 1.165) is 29.8 Å². The first kappa shape index (κ1) is 16.0. The zero-order chi connectivity index (χ0) is 15.4. The van der Waals surface area contributed by atoms with E-state index < -0.39 is 6.10 Å². The van der Waals surface area contributed by atoms with Crippen LogP contribution in [0.15, 0.2) is 0 Å². The smallest absolute Gasteiger partial charge is 0.220 e. The number of nitrogens with zero attached hydrogens (tertiary/aromatic N) is 1. The second-order valence-electron chi connectivity index (χ2n) is 6.37. The van der Waals surface area contributed by atoms with Crippen molar-refractivity contribution in [1.29, 1.82) is 0 Å². The average Bonchev–Trinajstić information content (AvgIpc) is 3.06. The van der Waals surface area contributed by atoms with Gasteiger partial charge in [0.05, 0.1) is 11.8 Å². The van der Waals surface area contributed by atoms with Crippen molar-refractivity contribution in [2.24, 2.45) is 5.92 Å². The number of aliphatic hydroxyl groups is 1. The van der Waals surface area contributed by atoms with E-state index in [4.69, 9.17) is 0 Å². The van der Waals surface area contributed by atoms with Crippen LogP contribution in [0.2, 0.25) is 0 Å². The van der Waals surface area contributed by atoms with E-state index >= 15 is 0 Å². The molecular formula is C16H27N3O2. The zero-order valence-electron chi connectivity index (χ0n) is 13.3. The molecule has 1 aromatic heterocycles. The normalized spacial score (nSPS) is 18.7. The first-order chi connectivity index (χ1) is 9.99. The zero-order valence-corrected chi connectivity index (χ0v) is 13.3. The van der Waals surface area contributed by atoms with E-state index in [-0.39, 0.29) is 11.8 Å². The third kappa shape index (κ3) is 4.06. The van der Waals surface area contributed by atoms with Gasteiger partial charge in [-0.1, -0.05) is 19.8 Å². The Hall–Kier alpha value is -1.36. The van der Waals surface area contributed by atoms with Gasteiger partial charge in [-0.2, -0.15) is 5.10 Å². The number of carbonyl (C=O) groups is 1. The van der Waals surface area contributed by atoms with Gasteiger partial charge in [-0.3, -0.25) is 9.89 Å². The van der Waals surface area contributed by atoms with Crippen LogP contribution in [-0.2, 0) is 4.79 Å². The van der Waals surface area contributed by atoms with Crippen LogP contribution in [0.25, 0.3) is 0 Å². The minimum Gasteiger partial charge on any atom is -0.391 e. The molecule has 1 aliphatic carbocycles. The molecule has 1 amide bonds. The number of aromatic nitrogens is 2. The van der Waals surface area contributed by atoms with Crippen molar-refractivity contribution < 1.29 is 9.90 Å². The van der Waals surface area contributed by atoms with E-state index in [2.05, 4.69) is 15.5 Å². The molecule has 2 atom stereocenters. The van der Waals surface area contributed by atoms with Crippen LogP contribution in [0, 0.1) is 19.8 Å². The van der Waals surface area contributed by atoms with E-state index in [0.29, 0.717) is 18.9 Å². The maximum atomic E-state index is 12.0. The van der Waals surface area contributed by atoms with Crippen LogP contribution in [0.5, 0.6) is 0 Å². The van der Waals surface area contributed by atoms with Gasteiger partial charge >= 0.3 is 0 Å². The van der Waals surface area contributed by atoms with E-state index in [9.17, 15) is 9.90 Å². The molecule has 1 fully saturated rings. The van der Waals surface area contributed by atoms with E-state index in [1.165, 1.54) is 12.8 Å². The number of nitrogens with one attached hydrogen (secondary N) is 2. The second kappa shape index (κ2) is 7.07. The Morgan fingerprint density at radius 1 is 1.43 bits per heavy atom. The summed E-state index contributed by atoms with van der Waals surface area (Å²) >= 11 is 0. The molecule has 21 heavy (non-hydrogen) atoms. The Morgan fingerprint density at radius 3 is 2.67 bits per heavy atom. The van der Waals surface area contributed by atoms with Crippen LogP contribution in [0.4, 0.5) is 0 Å². The van der Waals surface area contributed by atoms with Crippen molar-refractivity contribution in [2.45, 2.75) is 64.9 Å². The quantitative estimate of drug-likeness (QED) is 0.752. The summed E-state index contributed by atoms with van der Waals surface area (Å²) < 4.78 is 0. The van der Waals surface area contributed by atoms with Gasteiger partial charge in [0.25, 0.3) is 0 Å². The van der Waals surface area contributed by atoms with Gasteiger partial charge in [0.1, 0.15) is 0 Å². The molecular weight excluding hydrogens is 266 g/mol. The number of carbonyl (C=O) groups excluding carboxylic acids is 1. The molecule has 0 spiro atoms. The lowest BCUT2D eigenvalue weighted by Gasteiger charge is -2.19. The number of amides is 1. The summed E-state index contributed by atoms with van der Waals surface area (Å²) in [4.78, 5) is 12.0. The fourth-order valence-electron chi connectivity index (χ4n) is 3.47. The molecule has 2 rings (SSSR count). The third-order valence-corrected chi connectivity index (χ3v) is 4.62. The highest BCUT2D eigenvalue weighted by molar-refractivity contribution is 5.76. The van der Waals surface area contributed by atoms with Crippen molar-refractivity contribution in [3.63, 3.8) is 0 Å². The number of aryl methyl sites for hydroxylation is 2. The highest BCUT2D eigenvalue weighted by Crippen LogP contribution is 2.27. The van der Waals surface area contributed by atoms with Gasteiger partial charge in [0, 0.05) is 18.7 Å². The monoisotopic (exact) mass is 293 g/mol.